The van der Waals surface area contributed by atoms with Gasteiger partial charge in [0.15, 0.2) is 11.6 Å². The van der Waals surface area contributed by atoms with Crippen molar-refractivity contribution < 1.29 is 27.8 Å². The molecule has 0 saturated carbocycles. The van der Waals surface area contributed by atoms with Crippen molar-refractivity contribution in [3.8, 4) is 11.5 Å². The van der Waals surface area contributed by atoms with E-state index in [0.29, 0.717) is 39.3 Å². The molecular formula is C25H17F3O3. The minimum Gasteiger partial charge on any atom is -0.481 e. The van der Waals surface area contributed by atoms with E-state index in [2.05, 4.69) is 0 Å². The highest BCUT2D eigenvalue weighted by atomic mass is 19.2. The molecule has 0 radical (unpaired) electrons. The summed E-state index contributed by atoms with van der Waals surface area (Å²) in [7, 11) is 0. The number of carbonyl (C=O) groups is 1. The lowest BCUT2D eigenvalue weighted by molar-refractivity contribution is -0.135. The number of halogens is 3. The minimum absolute atomic E-state index is 0.0698. The molecule has 1 aliphatic carbocycles. The van der Waals surface area contributed by atoms with Crippen LogP contribution in [0.15, 0.2) is 66.2 Å². The third kappa shape index (κ3) is 4.10. The Bertz CT molecular complexity index is 1220. The Labute approximate surface area is 176 Å². The number of aliphatic carboxylic acids is 1. The number of carboxylic acid groups (broad SMARTS) is 1. The molecule has 0 unspecified atom stereocenters. The van der Waals surface area contributed by atoms with Gasteiger partial charge in [-0.3, -0.25) is 4.79 Å². The van der Waals surface area contributed by atoms with Gasteiger partial charge in [-0.15, -0.1) is 0 Å². The number of carboxylic acids is 1. The summed E-state index contributed by atoms with van der Waals surface area (Å²) in [6.07, 6.45) is 1.40. The fourth-order valence-electron chi connectivity index (χ4n) is 3.61. The van der Waals surface area contributed by atoms with Crippen LogP contribution in [0.4, 0.5) is 13.2 Å². The Morgan fingerprint density at radius 2 is 1.55 bits per heavy atom. The summed E-state index contributed by atoms with van der Waals surface area (Å²) in [6.45, 7) is 1.70. The normalized spacial score (nSPS) is 14.1. The smallest absolute Gasteiger partial charge is 0.307 e. The molecule has 0 atom stereocenters. The molecular weight excluding hydrogens is 405 g/mol. The summed E-state index contributed by atoms with van der Waals surface area (Å²) in [5.74, 6) is -2.39. The average molecular weight is 422 g/mol. The van der Waals surface area contributed by atoms with Gasteiger partial charge in [0.25, 0.3) is 0 Å². The molecule has 4 rings (SSSR count). The van der Waals surface area contributed by atoms with Gasteiger partial charge >= 0.3 is 5.97 Å². The third-order valence-corrected chi connectivity index (χ3v) is 5.11. The van der Waals surface area contributed by atoms with Crippen LogP contribution in [0, 0.1) is 17.5 Å². The number of ether oxygens (including phenoxy) is 1. The van der Waals surface area contributed by atoms with Gasteiger partial charge in [-0.2, -0.15) is 0 Å². The molecule has 0 heterocycles. The lowest BCUT2D eigenvalue weighted by atomic mass is 9.99. The zero-order chi connectivity index (χ0) is 22.1. The maximum absolute atomic E-state index is 14.6. The SMILES string of the molecule is CC1=C(CC(=O)O)c2ccc(F)c(F)c2/C1=C/c1ccc(Oc2ccc(F)cc2)cc1. The van der Waals surface area contributed by atoms with Crippen molar-refractivity contribution in [2.45, 2.75) is 13.3 Å². The monoisotopic (exact) mass is 422 g/mol. The second kappa shape index (κ2) is 8.14. The summed E-state index contributed by atoms with van der Waals surface area (Å²) in [5.41, 5.74) is 2.65. The number of rotatable bonds is 5. The first-order valence-corrected chi connectivity index (χ1v) is 9.49. The maximum atomic E-state index is 14.6. The lowest BCUT2D eigenvalue weighted by Gasteiger charge is -2.08. The quantitative estimate of drug-likeness (QED) is 0.498. The number of hydrogen-bond donors (Lipinski definition) is 1. The molecule has 3 aromatic carbocycles. The van der Waals surface area contributed by atoms with Crippen molar-refractivity contribution >= 4 is 23.2 Å². The number of fused-ring (bicyclic) bond motifs is 1. The second-order valence-electron chi connectivity index (χ2n) is 7.14. The van der Waals surface area contributed by atoms with Gasteiger partial charge in [-0.1, -0.05) is 18.2 Å². The molecule has 1 aliphatic rings. The molecule has 31 heavy (non-hydrogen) atoms. The van der Waals surface area contributed by atoms with E-state index in [-0.39, 0.29) is 17.8 Å². The van der Waals surface area contributed by atoms with E-state index >= 15 is 0 Å². The van der Waals surface area contributed by atoms with E-state index in [1.165, 1.54) is 30.3 Å². The van der Waals surface area contributed by atoms with Crippen molar-refractivity contribution in [3.63, 3.8) is 0 Å². The number of allylic oxidation sites excluding steroid dienone is 2. The van der Waals surface area contributed by atoms with Crippen molar-refractivity contribution in [3.05, 3.63) is 100 Å². The van der Waals surface area contributed by atoms with Gasteiger partial charge in [0.1, 0.15) is 17.3 Å². The van der Waals surface area contributed by atoms with Crippen LogP contribution in [0.3, 0.4) is 0 Å². The first kappa shape index (κ1) is 20.5. The van der Waals surface area contributed by atoms with Crippen LogP contribution in [-0.2, 0) is 4.79 Å². The molecule has 156 valence electrons. The Morgan fingerprint density at radius 1 is 0.935 bits per heavy atom. The highest BCUT2D eigenvalue weighted by Crippen LogP contribution is 2.45. The lowest BCUT2D eigenvalue weighted by Crippen LogP contribution is -1.98. The fourth-order valence-corrected chi connectivity index (χ4v) is 3.61. The van der Waals surface area contributed by atoms with Crippen molar-refractivity contribution in [1.82, 2.24) is 0 Å². The summed E-state index contributed by atoms with van der Waals surface area (Å²) >= 11 is 0. The molecule has 0 aliphatic heterocycles. The molecule has 0 fully saturated rings. The molecule has 3 aromatic rings. The van der Waals surface area contributed by atoms with Gasteiger partial charge in [0.2, 0.25) is 0 Å². The van der Waals surface area contributed by atoms with Gasteiger partial charge in [-0.25, -0.2) is 13.2 Å². The Hall–Kier alpha value is -3.80. The number of benzene rings is 3. The zero-order valence-corrected chi connectivity index (χ0v) is 16.5. The maximum Gasteiger partial charge on any atom is 0.307 e. The third-order valence-electron chi connectivity index (χ3n) is 5.11. The van der Waals surface area contributed by atoms with Crippen molar-refractivity contribution in [2.75, 3.05) is 0 Å². The predicted octanol–water partition coefficient (Wildman–Crippen LogP) is 6.70. The van der Waals surface area contributed by atoms with Gasteiger partial charge < -0.3 is 9.84 Å². The first-order chi connectivity index (χ1) is 14.8. The van der Waals surface area contributed by atoms with Crippen LogP contribution in [0.1, 0.15) is 30.0 Å². The molecule has 0 amide bonds. The average Bonchev–Trinajstić information content (AvgIpc) is 2.99. The topological polar surface area (TPSA) is 46.5 Å². The second-order valence-corrected chi connectivity index (χ2v) is 7.14. The van der Waals surface area contributed by atoms with Gasteiger partial charge in [0.05, 0.1) is 6.42 Å². The fraction of sp³-hybridized carbons (Fsp3) is 0.0800. The zero-order valence-electron chi connectivity index (χ0n) is 16.5. The van der Waals surface area contributed by atoms with Crippen LogP contribution in [0.5, 0.6) is 11.5 Å². The summed E-state index contributed by atoms with van der Waals surface area (Å²) < 4.78 is 47.2. The molecule has 0 bridgehead atoms. The van der Waals surface area contributed by atoms with Crippen molar-refractivity contribution in [2.24, 2.45) is 0 Å². The molecule has 0 spiro atoms. The van der Waals surface area contributed by atoms with E-state index in [1.807, 2.05) is 0 Å². The Balaban J connectivity index is 1.69. The largest absolute Gasteiger partial charge is 0.481 e. The highest BCUT2D eigenvalue weighted by Gasteiger charge is 2.29. The minimum atomic E-state index is -1.05. The van der Waals surface area contributed by atoms with Crippen LogP contribution >= 0.6 is 0 Å². The first-order valence-electron chi connectivity index (χ1n) is 9.49. The van der Waals surface area contributed by atoms with Crippen LogP contribution < -0.4 is 4.74 Å². The summed E-state index contributed by atoms with van der Waals surface area (Å²) in [5, 5.41) is 9.23. The van der Waals surface area contributed by atoms with Crippen LogP contribution in [-0.4, -0.2) is 11.1 Å². The van der Waals surface area contributed by atoms with E-state index in [1.54, 1.807) is 37.3 Å². The van der Waals surface area contributed by atoms with E-state index in [0.717, 1.165) is 6.07 Å². The molecule has 0 saturated heterocycles. The van der Waals surface area contributed by atoms with E-state index < -0.39 is 17.6 Å². The van der Waals surface area contributed by atoms with E-state index in [4.69, 9.17) is 4.74 Å². The van der Waals surface area contributed by atoms with Crippen molar-refractivity contribution in [1.29, 1.82) is 0 Å². The molecule has 3 nitrogen and oxygen atoms in total. The Kier molecular flexibility index (Phi) is 5.38. The summed E-state index contributed by atoms with van der Waals surface area (Å²) in [4.78, 5) is 11.3. The van der Waals surface area contributed by atoms with Gasteiger partial charge in [-0.05, 0) is 83.3 Å². The summed E-state index contributed by atoms with van der Waals surface area (Å²) in [6, 6.07) is 14.9. The van der Waals surface area contributed by atoms with E-state index in [9.17, 15) is 23.1 Å². The van der Waals surface area contributed by atoms with Gasteiger partial charge in [0, 0.05) is 5.56 Å². The number of hydrogen-bond acceptors (Lipinski definition) is 2. The molecule has 6 heteroatoms. The Morgan fingerprint density at radius 3 is 2.16 bits per heavy atom. The van der Waals surface area contributed by atoms with Crippen LogP contribution in [0.2, 0.25) is 0 Å². The molecule has 0 aromatic heterocycles. The standard InChI is InChI=1S/C25H17F3O3/c1-14-20(13-23(29)30)19-10-11-22(27)25(28)24(19)21(14)12-15-2-6-17(7-3-15)31-18-8-4-16(26)5-9-18/h2-12H,13H2,1H3,(H,29,30)/b21-12+. The van der Waals surface area contributed by atoms with Crippen LogP contribution in [0.25, 0.3) is 17.2 Å². The molecule has 1 N–H and O–H groups in total. The predicted molar refractivity (Wildman–Crippen MR) is 112 cm³/mol. The highest BCUT2D eigenvalue weighted by molar-refractivity contribution is 6.07.